The van der Waals surface area contributed by atoms with Gasteiger partial charge in [-0.1, -0.05) is 0 Å². The molecule has 1 saturated carbocycles. The van der Waals surface area contributed by atoms with Crippen LogP contribution in [0.15, 0.2) is 16.7 Å². The van der Waals surface area contributed by atoms with Gasteiger partial charge in [-0.3, -0.25) is 4.98 Å². The van der Waals surface area contributed by atoms with Gasteiger partial charge in [-0.2, -0.15) is 0 Å². The highest BCUT2D eigenvalue weighted by Gasteiger charge is 2.44. The first-order chi connectivity index (χ1) is 6.96. The van der Waals surface area contributed by atoms with Crippen molar-refractivity contribution in [2.75, 3.05) is 0 Å². The number of pyridine rings is 1. The summed E-state index contributed by atoms with van der Waals surface area (Å²) in [7, 11) is 0. The van der Waals surface area contributed by atoms with Crippen LogP contribution in [0.5, 0.6) is 0 Å². The van der Waals surface area contributed by atoms with E-state index in [9.17, 15) is 8.78 Å². The molecule has 4 heteroatoms. The second-order valence-corrected chi connectivity index (χ2v) is 5.11. The van der Waals surface area contributed by atoms with E-state index in [1.807, 2.05) is 13.0 Å². The quantitative estimate of drug-likeness (QED) is 0.801. The number of halogens is 3. The molecule has 1 aliphatic rings. The van der Waals surface area contributed by atoms with E-state index in [1.165, 1.54) is 0 Å². The Bertz CT molecular complexity index is 371. The lowest BCUT2D eigenvalue weighted by Crippen LogP contribution is -2.36. The SMILES string of the molecule is Cc1cc(CC2CC(F)(F)C2)ncc1Br. The van der Waals surface area contributed by atoms with Gasteiger partial charge in [0, 0.05) is 29.2 Å². The molecule has 15 heavy (non-hydrogen) atoms. The normalized spacial score (nSPS) is 20.0. The van der Waals surface area contributed by atoms with Crippen molar-refractivity contribution in [1.82, 2.24) is 4.98 Å². The van der Waals surface area contributed by atoms with Crippen LogP contribution in [0.1, 0.15) is 24.1 Å². The van der Waals surface area contributed by atoms with Crippen LogP contribution in [0.2, 0.25) is 0 Å². The Kier molecular flexibility index (Phi) is 2.79. The summed E-state index contributed by atoms with van der Waals surface area (Å²) in [5.74, 6) is -2.32. The molecule has 0 atom stereocenters. The van der Waals surface area contributed by atoms with E-state index < -0.39 is 5.92 Å². The summed E-state index contributed by atoms with van der Waals surface area (Å²) in [5.41, 5.74) is 2.02. The standard InChI is InChI=1S/C11H12BrF2N/c1-7-2-9(15-6-10(7)12)3-8-4-11(13,14)5-8/h2,6,8H,3-5H2,1H3. The van der Waals surface area contributed by atoms with Gasteiger partial charge in [0.05, 0.1) is 0 Å². The van der Waals surface area contributed by atoms with Gasteiger partial charge in [0.1, 0.15) is 0 Å². The van der Waals surface area contributed by atoms with E-state index in [2.05, 4.69) is 20.9 Å². The summed E-state index contributed by atoms with van der Waals surface area (Å²) in [4.78, 5) is 4.22. The largest absolute Gasteiger partial charge is 0.260 e. The average molecular weight is 276 g/mol. The van der Waals surface area contributed by atoms with Gasteiger partial charge in [-0.05, 0) is 46.8 Å². The van der Waals surface area contributed by atoms with Crippen LogP contribution >= 0.6 is 15.9 Å². The Morgan fingerprint density at radius 2 is 2.20 bits per heavy atom. The number of aryl methyl sites for hydroxylation is 1. The molecule has 82 valence electrons. The number of alkyl halides is 2. The zero-order chi connectivity index (χ0) is 11.1. The van der Waals surface area contributed by atoms with Crippen molar-refractivity contribution in [1.29, 1.82) is 0 Å². The number of rotatable bonds is 2. The Morgan fingerprint density at radius 3 is 2.73 bits per heavy atom. The molecule has 1 heterocycles. The van der Waals surface area contributed by atoms with Crippen LogP contribution < -0.4 is 0 Å². The molecule has 0 aromatic carbocycles. The molecule has 0 unspecified atom stereocenters. The smallest absolute Gasteiger partial charge is 0.248 e. The fourth-order valence-corrected chi connectivity index (χ4v) is 2.15. The molecule has 1 fully saturated rings. The van der Waals surface area contributed by atoms with Crippen molar-refractivity contribution in [3.05, 3.63) is 28.0 Å². The Balaban J connectivity index is 1.98. The highest BCUT2D eigenvalue weighted by Crippen LogP contribution is 2.43. The molecule has 0 spiro atoms. The predicted octanol–water partition coefficient (Wildman–Crippen LogP) is 3.74. The van der Waals surface area contributed by atoms with Gasteiger partial charge in [0.15, 0.2) is 0 Å². The third-order valence-corrected chi connectivity index (χ3v) is 3.61. The van der Waals surface area contributed by atoms with Crippen LogP contribution in [0.4, 0.5) is 8.78 Å². The Labute approximate surface area is 96.0 Å². The molecule has 2 rings (SSSR count). The second kappa shape index (κ2) is 3.81. The molecule has 0 saturated heterocycles. The Morgan fingerprint density at radius 1 is 1.53 bits per heavy atom. The fraction of sp³-hybridized carbons (Fsp3) is 0.545. The maximum absolute atomic E-state index is 12.6. The maximum atomic E-state index is 12.6. The minimum Gasteiger partial charge on any atom is -0.260 e. The lowest BCUT2D eigenvalue weighted by atomic mass is 9.78. The molecule has 1 nitrogen and oxygen atoms in total. The van der Waals surface area contributed by atoms with E-state index in [0.29, 0.717) is 6.42 Å². The molecule has 0 radical (unpaired) electrons. The van der Waals surface area contributed by atoms with Crippen LogP contribution in [0, 0.1) is 12.8 Å². The molecule has 0 amide bonds. The first kappa shape index (κ1) is 11.0. The zero-order valence-electron chi connectivity index (χ0n) is 8.43. The maximum Gasteiger partial charge on any atom is 0.248 e. The van der Waals surface area contributed by atoms with E-state index in [0.717, 1.165) is 15.7 Å². The molecular formula is C11H12BrF2N. The number of aromatic nitrogens is 1. The number of hydrogen-bond acceptors (Lipinski definition) is 1. The summed E-state index contributed by atoms with van der Waals surface area (Å²) >= 11 is 3.36. The van der Waals surface area contributed by atoms with Crippen molar-refractivity contribution in [3.63, 3.8) is 0 Å². The van der Waals surface area contributed by atoms with Crippen molar-refractivity contribution < 1.29 is 8.78 Å². The van der Waals surface area contributed by atoms with Crippen LogP contribution in [0.25, 0.3) is 0 Å². The third-order valence-electron chi connectivity index (χ3n) is 2.78. The summed E-state index contributed by atoms with van der Waals surface area (Å²) in [6, 6.07) is 1.96. The summed E-state index contributed by atoms with van der Waals surface area (Å²) in [6.45, 7) is 1.98. The highest BCUT2D eigenvalue weighted by molar-refractivity contribution is 9.10. The first-order valence-corrected chi connectivity index (χ1v) is 5.74. The van der Waals surface area contributed by atoms with E-state index in [-0.39, 0.29) is 18.8 Å². The fourth-order valence-electron chi connectivity index (χ4n) is 1.93. The van der Waals surface area contributed by atoms with E-state index >= 15 is 0 Å². The lowest BCUT2D eigenvalue weighted by Gasteiger charge is -2.34. The zero-order valence-corrected chi connectivity index (χ0v) is 10.0. The molecule has 0 N–H and O–H groups in total. The van der Waals surface area contributed by atoms with Gasteiger partial charge < -0.3 is 0 Å². The van der Waals surface area contributed by atoms with Gasteiger partial charge in [-0.25, -0.2) is 8.78 Å². The molecule has 1 aromatic rings. The van der Waals surface area contributed by atoms with Gasteiger partial charge in [0.25, 0.3) is 0 Å². The van der Waals surface area contributed by atoms with Gasteiger partial charge >= 0.3 is 0 Å². The Hall–Kier alpha value is -0.510. The minimum absolute atomic E-state index is 0.0177. The minimum atomic E-state index is -2.42. The highest BCUT2D eigenvalue weighted by atomic mass is 79.9. The van der Waals surface area contributed by atoms with Crippen LogP contribution in [0.3, 0.4) is 0 Å². The molecule has 0 bridgehead atoms. The van der Waals surface area contributed by atoms with Crippen molar-refractivity contribution in [2.24, 2.45) is 5.92 Å². The number of hydrogen-bond donors (Lipinski definition) is 0. The topological polar surface area (TPSA) is 12.9 Å². The average Bonchev–Trinajstić information content (AvgIpc) is 2.08. The summed E-state index contributed by atoms with van der Waals surface area (Å²) < 4.78 is 26.2. The van der Waals surface area contributed by atoms with E-state index in [4.69, 9.17) is 0 Å². The second-order valence-electron chi connectivity index (χ2n) is 4.26. The monoisotopic (exact) mass is 275 g/mol. The van der Waals surface area contributed by atoms with Crippen molar-refractivity contribution in [3.8, 4) is 0 Å². The van der Waals surface area contributed by atoms with Gasteiger partial charge in [0.2, 0.25) is 5.92 Å². The van der Waals surface area contributed by atoms with Crippen molar-refractivity contribution in [2.45, 2.75) is 32.1 Å². The molecule has 1 aliphatic carbocycles. The predicted molar refractivity (Wildman–Crippen MR) is 58.0 cm³/mol. The third kappa shape index (κ3) is 2.54. The molecule has 1 aromatic heterocycles. The molecule has 0 aliphatic heterocycles. The summed E-state index contributed by atoms with van der Waals surface area (Å²) in [5, 5.41) is 0. The van der Waals surface area contributed by atoms with Crippen LogP contribution in [-0.2, 0) is 6.42 Å². The van der Waals surface area contributed by atoms with Gasteiger partial charge in [-0.15, -0.1) is 0 Å². The lowest BCUT2D eigenvalue weighted by molar-refractivity contribution is -0.109. The van der Waals surface area contributed by atoms with Crippen LogP contribution in [-0.4, -0.2) is 10.9 Å². The van der Waals surface area contributed by atoms with Crippen molar-refractivity contribution >= 4 is 15.9 Å². The van der Waals surface area contributed by atoms with E-state index in [1.54, 1.807) is 6.20 Å². The first-order valence-electron chi connectivity index (χ1n) is 4.95. The molecular weight excluding hydrogens is 264 g/mol. The summed E-state index contributed by atoms with van der Waals surface area (Å²) in [6.07, 6.45) is 2.44. The number of nitrogens with zero attached hydrogens (tertiary/aromatic N) is 1.